The van der Waals surface area contributed by atoms with Crippen LogP contribution in [0.15, 0.2) is 41.0 Å². The van der Waals surface area contributed by atoms with Crippen molar-refractivity contribution in [1.82, 2.24) is 0 Å². The summed E-state index contributed by atoms with van der Waals surface area (Å²) in [4.78, 5) is 14.3. The van der Waals surface area contributed by atoms with Gasteiger partial charge in [-0.1, -0.05) is 0 Å². The van der Waals surface area contributed by atoms with Gasteiger partial charge in [0.05, 0.1) is 17.6 Å². The number of hydrogen-bond donors (Lipinski definition) is 2. The molecule has 0 unspecified atom stereocenters. The number of hydrogen-bond acceptors (Lipinski definition) is 4. The summed E-state index contributed by atoms with van der Waals surface area (Å²) in [5.74, 6) is 0.00999. The third kappa shape index (κ3) is 2.93. The summed E-state index contributed by atoms with van der Waals surface area (Å²) in [6.45, 7) is 3.26. The maximum atomic E-state index is 12.0. The van der Waals surface area contributed by atoms with Crippen LogP contribution in [0.1, 0.15) is 36.7 Å². The minimum absolute atomic E-state index is 0.275. The average Bonchev–Trinajstić information content (AvgIpc) is 3.03. The Balaban J connectivity index is 1.76. The summed E-state index contributed by atoms with van der Waals surface area (Å²) >= 11 is 0. The zero-order valence-electron chi connectivity index (χ0n) is 12.7. The van der Waals surface area contributed by atoms with Gasteiger partial charge in [-0.15, -0.1) is 0 Å². The molecule has 0 spiro atoms. The molecule has 0 radical (unpaired) electrons. The third-order valence-electron chi connectivity index (χ3n) is 4.14. The molecule has 1 saturated heterocycles. The van der Waals surface area contributed by atoms with E-state index in [-0.39, 0.29) is 11.7 Å². The minimum atomic E-state index is -0.275. The van der Waals surface area contributed by atoms with Gasteiger partial charge in [0.15, 0.2) is 5.76 Å². The molecule has 22 heavy (non-hydrogen) atoms. The Hall–Kier alpha value is -2.43. The number of rotatable bonds is 3. The molecule has 2 heterocycles. The molecule has 1 aromatic heterocycles. The highest BCUT2D eigenvalue weighted by Crippen LogP contribution is 2.31. The van der Waals surface area contributed by atoms with E-state index in [4.69, 9.17) is 10.2 Å². The topological polar surface area (TPSA) is 71.5 Å². The van der Waals surface area contributed by atoms with E-state index < -0.39 is 0 Å². The summed E-state index contributed by atoms with van der Waals surface area (Å²) in [6, 6.07) is 9.48. The van der Waals surface area contributed by atoms with Crippen molar-refractivity contribution in [1.29, 1.82) is 0 Å². The van der Waals surface area contributed by atoms with Gasteiger partial charge in [0, 0.05) is 18.3 Å². The van der Waals surface area contributed by atoms with Crippen LogP contribution in [-0.4, -0.2) is 18.5 Å². The molecule has 1 atom stereocenters. The highest BCUT2D eigenvalue weighted by molar-refractivity contribution is 6.02. The second-order valence-electron chi connectivity index (χ2n) is 5.74. The molecule has 3 N–H and O–H groups in total. The number of furan rings is 1. The Morgan fingerprint density at radius 2 is 2.23 bits per heavy atom. The van der Waals surface area contributed by atoms with Gasteiger partial charge < -0.3 is 20.4 Å². The molecular weight excluding hydrogens is 278 g/mol. The molecule has 3 rings (SSSR count). The number of nitrogens with zero attached hydrogens (tertiary/aromatic N) is 1. The van der Waals surface area contributed by atoms with E-state index in [2.05, 4.69) is 17.1 Å². The monoisotopic (exact) mass is 299 g/mol. The van der Waals surface area contributed by atoms with Crippen molar-refractivity contribution in [2.24, 2.45) is 0 Å². The molecule has 5 nitrogen and oxygen atoms in total. The number of carbonyl (C=O) groups is 1. The first kappa shape index (κ1) is 14.5. The molecule has 5 heteroatoms. The van der Waals surface area contributed by atoms with Crippen LogP contribution in [0.2, 0.25) is 0 Å². The summed E-state index contributed by atoms with van der Waals surface area (Å²) in [5.41, 5.74) is 8.60. The van der Waals surface area contributed by atoms with Crippen LogP contribution < -0.4 is 16.0 Å². The molecule has 116 valence electrons. The summed E-state index contributed by atoms with van der Waals surface area (Å²) in [6.07, 6.45) is 5.14. The Morgan fingerprint density at radius 1 is 1.36 bits per heavy atom. The van der Waals surface area contributed by atoms with E-state index in [1.165, 1.54) is 25.5 Å². The molecule has 1 amide bonds. The minimum Gasteiger partial charge on any atom is -0.459 e. The Labute approximate surface area is 130 Å². The highest BCUT2D eigenvalue weighted by Gasteiger charge is 2.20. The summed E-state index contributed by atoms with van der Waals surface area (Å²) < 4.78 is 5.08. The van der Waals surface area contributed by atoms with Gasteiger partial charge >= 0.3 is 0 Å². The van der Waals surface area contributed by atoms with Gasteiger partial charge in [0.2, 0.25) is 0 Å². The smallest absolute Gasteiger partial charge is 0.291 e. The van der Waals surface area contributed by atoms with Crippen molar-refractivity contribution < 1.29 is 9.21 Å². The molecule has 0 aliphatic carbocycles. The van der Waals surface area contributed by atoms with Gasteiger partial charge in [-0.25, -0.2) is 0 Å². The maximum Gasteiger partial charge on any atom is 0.291 e. The molecule has 1 aliphatic rings. The SMILES string of the molecule is C[C@@H]1CCCCN1c1ccc(NC(=O)c2ccco2)cc1N. The van der Waals surface area contributed by atoms with Crippen LogP contribution >= 0.6 is 0 Å². The Kier molecular flexibility index (Phi) is 4.04. The van der Waals surface area contributed by atoms with E-state index in [9.17, 15) is 4.79 Å². The lowest BCUT2D eigenvalue weighted by Crippen LogP contribution is -2.37. The lowest BCUT2D eigenvalue weighted by atomic mass is 10.0. The lowest BCUT2D eigenvalue weighted by molar-refractivity contribution is 0.0996. The van der Waals surface area contributed by atoms with Gasteiger partial charge in [0.25, 0.3) is 5.91 Å². The van der Waals surface area contributed by atoms with Crippen molar-refractivity contribution >= 4 is 23.0 Å². The van der Waals surface area contributed by atoms with Crippen molar-refractivity contribution in [3.63, 3.8) is 0 Å². The molecule has 1 fully saturated rings. The number of nitrogen functional groups attached to an aromatic ring is 1. The van der Waals surface area contributed by atoms with Crippen molar-refractivity contribution in [3.05, 3.63) is 42.4 Å². The fraction of sp³-hybridized carbons (Fsp3) is 0.353. The van der Waals surface area contributed by atoms with Gasteiger partial charge in [-0.05, 0) is 56.5 Å². The number of amides is 1. The molecule has 2 aromatic rings. The van der Waals surface area contributed by atoms with Gasteiger partial charge in [-0.3, -0.25) is 4.79 Å². The largest absolute Gasteiger partial charge is 0.459 e. The first-order valence-electron chi connectivity index (χ1n) is 7.66. The number of anilines is 3. The predicted molar refractivity (Wildman–Crippen MR) is 88.2 cm³/mol. The standard InChI is InChI=1S/C17H21N3O2/c1-12-5-2-3-9-20(12)15-8-7-13(11-14(15)18)19-17(21)16-6-4-10-22-16/h4,6-8,10-12H,2-3,5,9,18H2,1H3,(H,19,21)/t12-/m1/s1. The number of piperidine rings is 1. The highest BCUT2D eigenvalue weighted by atomic mass is 16.3. The fourth-order valence-electron chi connectivity index (χ4n) is 2.95. The maximum absolute atomic E-state index is 12.0. The normalized spacial score (nSPS) is 18.2. The average molecular weight is 299 g/mol. The van der Waals surface area contributed by atoms with Crippen LogP contribution in [0.25, 0.3) is 0 Å². The number of carbonyl (C=O) groups excluding carboxylic acids is 1. The van der Waals surface area contributed by atoms with Crippen LogP contribution in [-0.2, 0) is 0 Å². The van der Waals surface area contributed by atoms with Crippen molar-refractivity contribution in [2.75, 3.05) is 22.5 Å². The fourth-order valence-corrected chi connectivity index (χ4v) is 2.95. The van der Waals surface area contributed by atoms with Gasteiger partial charge in [-0.2, -0.15) is 0 Å². The number of nitrogens with one attached hydrogen (secondary N) is 1. The van der Waals surface area contributed by atoms with E-state index in [0.717, 1.165) is 12.2 Å². The molecular formula is C17H21N3O2. The molecule has 0 saturated carbocycles. The summed E-state index contributed by atoms with van der Waals surface area (Å²) in [7, 11) is 0. The molecule has 1 aromatic carbocycles. The first-order valence-corrected chi connectivity index (χ1v) is 7.66. The number of benzene rings is 1. The van der Waals surface area contributed by atoms with Crippen LogP contribution in [0.3, 0.4) is 0 Å². The molecule has 1 aliphatic heterocycles. The van der Waals surface area contributed by atoms with Crippen LogP contribution in [0.4, 0.5) is 17.1 Å². The van der Waals surface area contributed by atoms with Crippen molar-refractivity contribution in [3.8, 4) is 0 Å². The van der Waals surface area contributed by atoms with Crippen LogP contribution in [0, 0.1) is 0 Å². The van der Waals surface area contributed by atoms with E-state index in [0.29, 0.717) is 17.4 Å². The quantitative estimate of drug-likeness (QED) is 0.851. The second-order valence-corrected chi connectivity index (χ2v) is 5.74. The van der Waals surface area contributed by atoms with Gasteiger partial charge in [0.1, 0.15) is 0 Å². The van der Waals surface area contributed by atoms with E-state index in [1.54, 1.807) is 18.2 Å². The summed E-state index contributed by atoms with van der Waals surface area (Å²) in [5, 5.41) is 2.80. The Bertz CT molecular complexity index is 652. The van der Waals surface area contributed by atoms with E-state index >= 15 is 0 Å². The number of nitrogens with two attached hydrogens (primary N) is 1. The lowest BCUT2D eigenvalue weighted by Gasteiger charge is -2.36. The van der Waals surface area contributed by atoms with Crippen molar-refractivity contribution in [2.45, 2.75) is 32.2 Å². The first-order chi connectivity index (χ1) is 10.6. The molecule has 0 bridgehead atoms. The zero-order chi connectivity index (χ0) is 15.5. The third-order valence-corrected chi connectivity index (χ3v) is 4.14. The second kappa shape index (κ2) is 6.13. The Morgan fingerprint density at radius 3 is 2.91 bits per heavy atom. The van der Waals surface area contributed by atoms with E-state index in [1.807, 2.05) is 12.1 Å². The predicted octanol–water partition coefficient (Wildman–Crippen LogP) is 3.49. The zero-order valence-corrected chi connectivity index (χ0v) is 12.7. The van der Waals surface area contributed by atoms with Crippen LogP contribution in [0.5, 0.6) is 0 Å².